The number of carbonyl (C=O) groups is 1. The monoisotopic (exact) mass is 228 g/mol. The summed E-state index contributed by atoms with van der Waals surface area (Å²) in [6.07, 6.45) is 2.90. The van der Waals surface area contributed by atoms with E-state index in [2.05, 4.69) is 13.8 Å². The maximum absolute atomic E-state index is 11.9. The molecule has 0 heterocycles. The van der Waals surface area contributed by atoms with Crippen LogP contribution in [0.3, 0.4) is 0 Å². The predicted molar refractivity (Wildman–Crippen MR) is 63.0 cm³/mol. The van der Waals surface area contributed by atoms with Crippen LogP contribution in [-0.2, 0) is 9.53 Å². The molecule has 0 spiro atoms. The van der Waals surface area contributed by atoms with Crippen LogP contribution < -0.4 is 0 Å². The van der Waals surface area contributed by atoms with Gasteiger partial charge in [0.05, 0.1) is 18.1 Å². The van der Waals surface area contributed by atoms with E-state index in [1.165, 1.54) is 7.11 Å². The highest BCUT2D eigenvalue weighted by atomic mass is 16.5. The lowest BCUT2D eigenvalue weighted by atomic mass is 9.69. The van der Waals surface area contributed by atoms with Gasteiger partial charge < -0.3 is 9.84 Å². The molecule has 16 heavy (non-hydrogen) atoms. The molecule has 2 atom stereocenters. The van der Waals surface area contributed by atoms with Crippen molar-refractivity contribution >= 4 is 5.97 Å². The third-order valence-corrected chi connectivity index (χ3v) is 4.36. The zero-order valence-electron chi connectivity index (χ0n) is 11.1. The lowest BCUT2D eigenvalue weighted by Gasteiger charge is -2.40. The SMILES string of the molecule is CCC(C)(C(=O)OC)C1(O)CCC(C)(C)C1. The van der Waals surface area contributed by atoms with E-state index in [-0.39, 0.29) is 11.4 Å². The zero-order chi connectivity index (χ0) is 12.6. The molecule has 0 bridgehead atoms. The molecule has 1 fully saturated rings. The average molecular weight is 228 g/mol. The maximum Gasteiger partial charge on any atom is 0.314 e. The van der Waals surface area contributed by atoms with Gasteiger partial charge in [0.15, 0.2) is 0 Å². The number of ether oxygens (including phenoxy) is 1. The number of aliphatic hydroxyl groups is 1. The van der Waals surface area contributed by atoms with E-state index in [0.29, 0.717) is 19.3 Å². The van der Waals surface area contributed by atoms with Crippen LogP contribution in [0.4, 0.5) is 0 Å². The van der Waals surface area contributed by atoms with Crippen LogP contribution >= 0.6 is 0 Å². The fourth-order valence-corrected chi connectivity index (χ4v) is 2.87. The second kappa shape index (κ2) is 4.02. The van der Waals surface area contributed by atoms with Crippen LogP contribution in [0.1, 0.15) is 53.4 Å². The standard InChI is InChI=1S/C13H24O3/c1-6-12(4,10(14)16-5)13(15)8-7-11(2,3)9-13/h15H,6-9H2,1-5H3. The number of rotatable bonds is 3. The molecule has 0 aromatic carbocycles. The minimum atomic E-state index is -0.918. The van der Waals surface area contributed by atoms with E-state index >= 15 is 0 Å². The van der Waals surface area contributed by atoms with Crippen molar-refractivity contribution in [2.45, 2.75) is 59.0 Å². The molecule has 0 radical (unpaired) electrons. The normalized spacial score (nSPS) is 32.1. The first-order valence-electron chi connectivity index (χ1n) is 6.01. The molecule has 3 heteroatoms. The van der Waals surface area contributed by atoms with Crippen molar-refractivity contribution in [3.05, 3.63) is 0 Å². The topological polar surface area (TPSA) is 46.5 Å². The summed E-state index contributed by atoms with van der Waals surface area (Å²) in [7, 11) is 1.39. The Balaban J connectivity index is 3.01. The number of methoxy groups -OCH3 is 1. The van der Waals surface area contributed by atoms with Gasteiger partial charge in [0.2, 0.25) is 0 Å². The van der Waals surface area contributed by atoms with Gasteiger partial charge in [0.1, 0.15) is 0 Å². The molecule has 0 aliphatic heterocycles. The van der Waals surface area contributed by atoms with E-state index < -0.39 is 11.0 Å². The van der Waals surface area contributed by atoms with E-state index in [4.69, 9.17) is 4.74 Å². The molecular formula is C13H24O3. The smallest absolute Gasteiger partial charge is 0.314 e. The summed E-state index contributed by atoms with van der Waals surface area (Å²) in [6, 6.07) is 0. The van der Waals surface area contributed by atoms with Crippen molar-refractivity contribution < 1.29 is 14.6 Å². The van der Waals surface area contributed by atoms with Gasteiger partial charge in [-0.3, -0.25) is 4.79 Å². The van der Waals surface area contributed by atoms with Crippen molar-refractivity contribution in [2.75, 3.05) is 7.11 Å². The molecule has 0 aromatic rings. The second-order valence-electron chi connectivity index (χ2n) is 6.05. The highest BCUT2D eigenvalue weighted by molar-refractivity contribution is 5.78. The van der Waals surface area contributed by atoms with Crippen molar-refractivity contribution in [2.24, 2.45) is 10.8 Å². The minimum Gasteiger partial charge on any atom is -0.469 e. The fraction of sp³-hybridized carbons (Fsp3) is 0.923. The summed E-state index contributed by atoms with van der Waals surface area (Å²) in [5.41, 5.74) is -1.59. The lowest BCUT2D eigenvalue weighted by Crippen LogP contribution is -2.50. The van der Waals surface area contributed by atoms with Crippen LogP contribution in [0.2, 0.25) is 0 Å². The summed E-state index contributed by atoms with van der Waals surface area (Å²) in [5, 5.41) is 10.7. The molecule has 94 valence electrons. The first kappa shape index (κ1) is 13.5. The highest BCUT2D eigenvalue weighted by Crippen LogP contribution is 2.53. The van der Waals surface area contributed by atoms with Crippen LogP contribution in [-0.4, -0.2) is 23.8 Å². The Morgan fingerprint density at radius 1 is 1.44 bits per heavy atom. The first-order valence-corrected chi connectivity index (χ1v) is 6.01. The van der Waals surface area contributed by atoms with Crippen LogP contribution in [0.15, 0.2) is 0 Å². The molecule has 1 aliphatic rings. The van der Waals surface area contributed by atoms with Gasteiger partial charge in [-0.05, 0) is 38.0 Å². The van der Waals surface area contributed by atoms with Gasteiger partial charge in [-0.25, -0.2) is 0 Å². The van der Waals surface area contributed by atoms with Crippen LogP contribution in [0.25, 0.3) is 0 Å². The van der Waals surface area contributed by atoms with Crippen molar-refractivity contribution in [1.82, 2.24) is 0 Å². The zero-order valence-corrected chi connectivity index (χ0v) is 11.1. The van der Waals surface area contributed by atoms with Gasteiger partial charge in [0, 0.05) is 0 Å². The van der Waals surface area contributed by atoms with Crippen molar-refractivity contribution in [1.29, 1.82) is 0 Å². The molecular weight excluding hydrogens is 204 g/mol. The number of hydrogen-bond donors (Lipinski definition) is 1. The summed E-state index contributed by atoms with van der Waals surface area (Å²) < 4.78 is 4.85. The van der Waals surface area contributed by atoms with Gasteiger partial charge in [0.25, 0.3) is 0 Å². The quantitative estimate of drug-likeness (QED) is 0.755. The largest absolute Gasteiger partial charge is 0.469 e. The van der Waals surface area contributed by atoms with E-state index in [9.17, 15) is 9.90 Å². The molecule has 0 saturated heterocycles. The molecule has 1 N–H and O–H groups in total. The Labute approximate surface area is 98.2 Å². The van der Waals surface area contributed by atoms with Gasteiger partial charge in [-0.2, -0.15) is 0 Å². The molecule has 2 unspecified atom stereocenters. The summed E-state index contributed by atoms with van der Waals surface area (Å²) >= 11 is 0. The minimum absolute atomic E-state index is 0.110. The molecule has 1 saturated carbocycles. The molecule has 3 nitrogen and oxygen atoms in total. The number of carbonyl (C=O) groups excluding carboxylic acids is 1. The molecule has 0 aromatic heterocycles. The van der Waals surface area contributed by atoms with Crippen LogP contribution in [0.5, 0.6) is 0 Å². The molecule has 1 aliphatic carbocycles. The Morgan fingerprint density at radius 3 is 2.31 bits per heavy atom. The third kappa shape index (κ3) is 1.97. The summed E-state index contributed by atoms with van der Waals surface area (Å²) in [5.74, 6) is -0.296. The Kier molecular flexibility index (Phi) is 3.39. The number of hydrogen-bond acceptors (Lipinski definition) is 3. The van der Waals surface area contributed by atoms with E-state index in [0.717, 1.165) is 6.42 Å². The highest BCUT2D eigenvalue weighted by Gasteiger charge is 2.56. The molecule has 0 amide bonds. The fourth-order valence-electron chi connectivity index (χ4n) is 2.87. The van der Waals surface area contributed by atoms with Crippen molar-refractivity contribution in [3.8, 4) is 0 Å². The average Bonchev–Trinajstić information content (AvgIpc) is 2.51. The van der Waals surface area contributed by atoms with Gasteiger partial charge in [-0.1, -0.05) is 20.8 Å². The summed E-state index contributed by atoms with van der Waals surface area (Å²) in [4.78, 5) is 11.9. The Morgan fingerprint density at radius 2 is 2.00 bits per heavy atom. The van der Waals surface area contributed by atoms with Gasteiger partial charge >= 0.3 is 5.97 Å². The summed E-state index contributed by atoms with van der Waals surface area (Å²) in [6.45, 7) is 8.02. The second-order valence-corrected chi connectivity index (χ2v) is 6.05. The first-order chi connectivity index (χ1) is 7.21. The van der Waals surface area contributed by atoms with E-state index in [1.807, 2.05) is 13.8 Å². The third-order valence-electron chi connectivity index (χ3n) is 4.36. The number of esters is 1. The van der Waals surface area contributed by atoms with Gasteiger partial charge in [-0.15, -0.1) is 0 Å². The maximum atomic E-state index is 11.9. The van der Waals surface area contributed by atoms with E-state index in [1.54, 1.807) is 0 Å². The molecule has 1 rings (SSSR count). The Bertz CT molecular complexity index is 285. The van der Waals surface area contributed by atoms with Crippen molar-refractivity contribution in [3.63, 3.8) is 0 Å². The predicted octanol–water partition coefficient (Wildman–Crippen LogP) is 2.52. The lowest BCUT2D eigenvalue weighted by molar-refractivity contribution is -0.171. The van der Waals surface area contributed by atoms with Crippen LogP contribution in [0, 0.1) is 10.8 Å². The Hall–Kier alpha value is -0.570.